The lowest BCUT2D eigenvalue weighted by Crippen LogP contribution is -2.54. The Hall–Kier alpha value is -4.05. The lowest BCUT2D eigenvalue weighted by Gasteiger charge is -2.27. The molecule has 31 heavy (non-hydrogen) atoms. The van der Waals surface area contributed by atoms with Crippen LogP contribution in [0, 0.1) is 26.2 Å². The molecule has 7 heteroatoms. The van der Waals surface area contributed by atoms with Gasteiger partial charge in [0.25, 0.3) is 11.8 Å². The monoisotopic (exact) mass is 418 g/mol. The number of nitrogens with zero attached hydrogens (tertiary/aromatic N) is 1. The van der Waals surface area contributed by atoms with Crippen LogP contribution < -0.4 is 19.7 Å². The number of rotatable bonds is 6. The first-order valence-electron chi connectivity index (χ1n) is 9.67. The normalized spacial score (nSPS) is 15.0. The van der Waals surface area contributed by atoms with Crippen molar-refractivity contribution in [2.75, 3.05) is 18.1 Å². The number of carbonyl (C=O) groups excluding carboxylic acids is 3. The highest BCUT2D eigenvalue weighted by Crippen LogP contribution is 2.30. The molecule has 0 atom stereocenters. The maximum atomic E-state index is 13.1. The molecular weight excluding hydrogens is 396 g/mol. The van der Waals surface area contributed by atoms with E-state index < -0.39 is 17.8 Å². The predicted molar refractivity (Wildman–Crippen MR) is 117 cm³/mol. The number of nitrogens with one attached hydrogen (secondary N) is 1. The molecule has 1 fully saturated rings. The largest absolute Gasteiger partial charge is 0.490 e. The molecule has 0 radical (unpaired) electrons. The number of terminal acetylenes is 1. The van der Waals surface area contributed by atoms with Gasteiger partial charge in [0.2, 0.25) is 0 Å². The summed E-state index contributed by atoms with van der Waals surface area (Å²) in [5.41, 5.74) is 2.54. The van der Waals surface area contributed by atoms with Gasteiger partial charge in [0.1, 0.15) is 12.2 Å². The average Bonchev–Trinajstić information content (AvgIpc) is 2.70. The van der Waals surface area contributed by atoms with Gasteiger partial charge in [-0.05, 0) is 67.8 Å². The van der Waals surface area contributed by atoms with Gasteiger partial charge in [0.05, 0.1) is 12.3 Å². The SMILES string of the molecule is C#CCOc1ccc(/C=C2/C(=O)NC(=O)N(c3cc(C)cc(C)c3)C2=O)cc1OCC. The van der Waals surface area contributed by atoms with Gasteiger partial charge >= 0.3 is 6.03 Å². The summed E-state index contributed by atoms with van der Waals surface area (Å²) in [6.07, 6.45) is 6.65. The first kappa shape index (κ1) is 21.7. The summed E-state index contributed by atoms with van der Waals surface area (Å²) < 4.78 is 11.0. The van der Waals surface area contributed by atoms with Crippen LogP contribution in [-0.2, 0) is 9.59 Å². The third kappa shape index (κ3) is 4.75. The Morgan fingerprint density at radius 3 is 2.39 bits per heavy atom. The van der Waals surface area contributed by atoms with Crippen molar-refractivity contribution in [2.24, 2.45) is 0 Å². The minimum absolute atomic E-state index is 0.0778. The zero-order valence-electron chi connectivity index (χ0n) is 17.5. The van der Waals surface area contributed by atoms with E-state index in [-0.39, 0.29) is 12.2 Å². The smallest absolute Gasteiger partial charge is 0.335 e. The van der Waals surface area contributed by atoms with Crippen molar-refractivity contribution < 1.29 is 23.9 Å². The Bertz CT molecular complexity index is 1110. The molecule has 0 saturated carbocycles. The van der Waals surface area contributed by atoms with Gasteiger partial charge < -0.3 is 9.47 Å². The highest BCUT2D eigenvalue weighted by atomic mass is 16.5. The number of benzene rings is 2. The Morgan fingerprint density at radius 2 is 1.74 bits per heavy atom. The molecule has 0 spiro atoms. The van der Waals surface area contributed by atoms with Gasteiger partial charge in [0, 0.05) is 0 Å². The highest BCUT2D eigenvalue weighted by molar-refractivity contribution is 6.39. The summed E-state index contributed by atoms with van der Waals surface area (Å²) >= 11 is 0. The van der Waals surface area contributed by atoms with Gasteiger partial charge in [-0.2, -0.15) is 0 Å². The lowest BCUT2D eigenvalue weighted by molar-refractivity contribution is -0.122. The van der Waals surface area contributed by atoms with Crippen LogP contribution in [0.15, 0.2) is 42.0 Å². The van der Waals surface area contributed by atoms with Gasteiger partial charge in [-0.25, -0.2) is 9.69 Å². The van der Waals surface area contributed by atoms with Crippen molar-refractivity contribution in [3.05, 3.63) is 58.7 Å². The number of barbiturate groups is 1. The molecule has 158 valence electrons. The first-order chi connectivity index (χ1) is 14.8. The van der Waals surface area contributed by atoms with E-state index in [0.29, 0.717) is 29.4 Å². The minimum Gasteiger partial charge on any atom is -0.490 e. The fourth-order valence-corrected chi connectivity index (χ4v) is 3.26. The van der Waals surface area contributed by atoms with Crippen LogP contribution in [-0.4, -0.2) is 31.1 Å². The van der Waals surface area contributed by atoms with Crippen molar-refractivity contribution in [3.8, 4) is 23.8 Å². The van der Waals surface area contributed by atoms with Gasteiger partial charge in [-0.3, -0.25) is 14.9 Å². The van der Waals surface area contributed by atoms with E-state index in [4.69, 9.17) is 15.9 Å². The van der Waals surface area contributed by atoms with Crippen molar-refractivity contribution in [1.82, 2.24) is 5.32 Å². The number of hydrogen-bond donors (Lipinski definition) is 1. The second-order valence-electron chi connectivity index (χ2n) is 6.94. The van der Waals surface area contributed by atoms with Crippen LogP contribution in [0.2, 0.25) is 0 Å². The van der Waals surface area contributed by atoms with Gasteiger partial charge in [-0.15, -0.1) is 6.42 Å². The molecule has 1 saturated heterocycles. The highest BCUT2D eigenvalue weighted by Gasteiger charge is 2.37. The maximum Gasteiger partial charge on any atom is 0.335 e. The molecule has 0 aromatic heterocycles. The first-order valence-corrected chi connectivity index (χ1v) is 9.67. The van der Waals surface area contributed by atoms with E-state index in [9.17, 15) is 14.4 Å². The molecule has 1 N–H and O–H groups in total. The summed E-state index contributed by atoms with van der Waals surface area (Å²) in [6, 6.07) is 9.51. The summed E-state index contributed by atoms with van der Waals surface area (Å²) in [6.45, 7) is 6.02. The quantitative estimate of drug-likeness (QED) is 0.442. The van der Waals surface area contributed by atoms with Crippen molar-refractivity contribution >= 4 is 29.6 Å². The number of hydrogen-bond acceptors (Lipinski definition) is 5. The number of amides is 4. The van der Waals surface area contributed by atoms with E-state index in [1.54, 1.807) is 30.3 Å². The predicted octanol–water partition coefficient (Wildman–Crippen LogP) is 3.38. The second kappa shape index (κ2) is 9.18. The number of anilines is 1. The molecule has 1 heterocycles. The number of imide groups is 2. The van der Waals surface area contributed by atoms with Crippen molar-refractivity contribution in [3.63, 3.8) is 0 Å². The standard InChI is InChI=1S/C24H22N2O5/c1-5-9-31-20-8-7-17(14-21(20)30-6-2)13-19-22(27)25-24(29)26(23(19)28)18-11-15(3)10-16(4)12-18/h1,7-8,10-14H,6,9H2,2-4H3,(H,25,27,29)/b19-13-. The van der Waals surface area contributed by atoms with Gasteiger partial charge in [-0.1, -0.05) is 18.1 Å². The molecule has 7 nitrogen and oxygen atoms in total. The van der Waals surface area contributed by atoms with Crippen molar-refractivity contribution in [1.29, 1.82) is 0 Å². The molecule has 2 aromatic carbocycles. The van der Waals surface area contributed by atoms with E-state index in [0.717, 1.165) is 16.0 Å². The maximum absolute atomic E-state index is 13.1. The van der Waals surface area contributed by atoms with E-state index >= 15 is 0 Å². The lowest BCUT2D eigenvalue weighted by atomic mass is 10.0. The molecule has 1 aliphatic heterocycles. The molecule has 3 rings (SSSR count). The Labute approximate surface area is 180 Å². The second-order valence-corrected chi connectivity index (χ2v) is 6.94. The summed E-state index contributed by atoms with van der Waals surface area (Å²) in [5, 5.41) is 2.23. The third-order valence-electron chi connectivity index (χ3n) is 4.46. The van der Waals surface area contributed by atoms with E-state index in [1.165, 1.54) is 6.08 Å². The fourth-order valence-electron chi connectivity index (χ4n) is 3.26. The van der Waals surface area contributed by atoms with Crippen LogP contribution in [0.4, 0.5) is 10.5 Å². The molecule has 1 aliphatic rings. The minimum atomic E-state index is -0.787. The van der Waals surface area contributed by atoms with E-state index in [2.05, 4.69) is 11.2 Å². The van der Waals surface area contributed by atoms with Crippen LogP contribution >= 0.6 is 0 Å². The third-order valence-corrected chi connectivity index (χ3v) is 4.46. The molecule has 4 amide bonds. The topological polar surface area (TPSA) is 84.9 Å². The van der Waals surface area contributed by atoms with Crippen LogP contribution in [0.25, 0.3) is 6.08 Å². The molecule has 0 bridgehead atoms. The number of urea groups is 1. The Kier molecular flexibility index (Phi) is 6.41. The summed E-state index contributed by atoms with van der Waals surface area (Å²) in [5.74, 6) is 1.80. The fraction of sp³-hybridized carbons (Fsp3) is 0.208. The molecule has 2 aromatic rings. The summed E-state index contributed by atoms with van der Waals surface area (Å²) in [7, 11) is 0. The zero-order valence-corrected chi connectivity index (χ0v) is 17.5. The zero-order chi connectivity index (χ0) is 22.5. The number of carbonyl (C=O) groups is 3. The van der Waals surface area contributed by atoms with E-state index in [1.807, 2.05) is 26.8 Å². The summed E-state index contributed by atoms with van der Waals surface area (Å²) in [4.78, 5) is 38.9. The van der Waals surface area contributed by atoms with Crippen LogP contribution in [0.1, 0.15) is 23.6 Å². The molecule has 0 unspecified atom stereocenters. The Morgan fingerprint density at radius 1 is 1.03 bits per heavy atom. The van der Waals surface area contributed by atoms with Crippen LogP contribution in [0.5, 0.6) is 11.5 Å². The van der Waals surface area contributed by atoms with Crippen LogP contribution in [0.3, 0.4) is 0 Å². The molecule has 0 aliphatic carbocycles. The number of ether oxygens (including phenoxy) is 2. The van der Waals surface area contributed by atoms with Crippen molar-refractivity contribution in [2.45, 2.75) is 20.8 Å². The Balaban J connectivity index is 1.99. The molecular formula is C24H22N2O5. The number of aryl methyl sites for hydroxylation is 2. The average molecular weight is 418 g/mol. The van der Waals surface area contributed by atoms with Gasteiger partial charge in [0.15, 0.2) is 11.5 Å².